The topological polar surface area (TPSA) is 176 Å². The molecule has 2 saturated heterocycles. The number of benzene rings is 2. The van der Waals surface area contributed by atoms with Gasteiger partial charge in [-0.3, -0.25) is 10.1 Å². The highest BCUT2D eigenvalue weighted by atomic mass is 32.2. The third-order valence-electron chi connectivity index (χ3n) is 7.82. The number of sulfonamides is 1. The molecule has 2 aromatic carbocycles. The van der Waals surface area contributed by atoms with Crippen molar-refractivity contribution in [2.75, 3.05) is 36.5 Å². The van der Waals surface area contributed by atoms with Gasteiger partial charge in [-0.1, -0.05) is 29.8 Å². The molecule has 2 aliphatic rings. The summed E-state index contributed by atoms with van der Waals surface area (Å²) in [5.41, 5.74) is 3.93. The van der Waals surface area contributed by atoms with Crippen molar-refractivity contribution < 1.29 is 45.7 Å². The lowest BCUT2D eigenvalue weighted by atomic mass is 10.0. The number of anilines is 1. The highest BCUT2D eigenvalue weighted by molar-refractivity contribution is 7.91. The normalized spacial score (nSPS) is 20.7. The second-order valence-corrected chi connectivity index (χ2v) is 16.7. The second-order valence-electron chi connectivity index (χ2n) is 12.5. The van der Waals surface area contributed by atoms with Crippen LogP contribution in [0.15, 0.2) is 53.4 Å². The summed E-state index contributed by atoms with van der Waals surface area (Å²) in [5.74, 6) is -1.94. The lowest BCUT2D eigenvalue weighted by Gasteiger charge is -2.42. The number of hydrogen-bond acceptors (Lipinski definition) is 9. The molecule has 2 aromatic rings. The van der Waals surface area contributed by atoms with E-state index in [4.69, 9.17) is 9.84 Å². The first-order valence-corrected chi connectivity index (χ1v) is 18.0. The van der Waals surface area contributed by atoms with Gasteiger partial charge in [-0.25, -0.2) is 26.4 Å². The molecule has 2 atom stereocenters. The molecule has 2 amide bonds. The Morgan fingerprint density at radius 1 is 1.09 bits per heavy atom. The Morgan fingerprint density at radius 2 is 1.73 bits per heavy atom. The Kier molecular flexibility index (Phi) is 10.1. The molecule has 246 valence electrons. The van der Waals surface area contributed by atoms with Crippen molar-refractivity contribution in [2.24, 2.45) is 0 Å². The maximum atomic E-state index is 14.5. The van der Waals surface area contributed by atoms with Gasteiger partial charge in [0, 0.05) is 18.7 Å². The zero-order chi connectivity index (χ0) is 33.2. The van der Waals surface area contributed by atoms with Crippen LogP contribution >= 0.6 is 0 Å². The van der Waals surface area contributed by atoms with Crippen LogP contribution in [0.25, 0.3) is 0 Å². The average Bonchev–Trinajstić information content (AvgIpc) is 3.44. The molecule has 0 aromatic heterocycles. The molecule has 45 heavy (non-hydrogen) atoms. The van der Waals surface area contributed by atoms with E-state index < -0.39 is 60.1 Å². The van der Waals surface area contributed by atoms with Crippen LogP contribution in [0.5, 0.6) is 0 Å². The summed E-state index contributed by atoms with van der Waals surface area (Å²) in [7, 11) is -7.54. The number of carboxylic acid groups (broad SMARTS) is 1. The Hall–Kier alpha value is -3.37. The van der Waals surface area contributed by atoms with Crippen LogP contribution in [0.4, 0.5) is 10.5 Å². The minimum Gasteiger partial charge on any atom is -0.465 e. The second kappa shape index (κ2) is 13.2. The number of carbonyl (C=O) groups excluding carboxylic acids is 2. The Labute approximate surface area is 264 Å². The van der Waals surface area contributed by atoms with Crippen LogP contribution in [-0.2, 0) is 40.6 Å². The largest absolute Gasteiger partial charge is 0.465 e. The number of carbonyl (C=O) groups is 3. The van der Waals surface area contributed by atoms with Crippen molar-refractivity contribution in [3.63, 3.8) is 0 Å². The summed E-state index contributed by atoms with van der Waals surface area (Å²) < 4.78 is 58.7. The SMILES string of the molecule is Cc1ccc(S(=O)(=O)N2CCC[C@H]2C(=O)[N+]2(N[C@@H](Cc3cccc(NC(=O)O)c3)C(=O)OC(C)(C)C)CCS(=O)(=O)CC2)cc1. The first kappa shape index (κ1) is 34.5. The first-order chi connectivity index (χ1) is 20.9. The van der Waals surface area contributed by atoms with Gasteiger partial charge in [0.1, 0.15) is 36.2 Å². The van der Waals surface area contributed by atoms with E-state index in [1.807, 2.05) is 6.92 Å². The lowest BCUT2D eigenvalue weighted by molar-refractivity contribution is -0.898. The monoisotopic (exact) mass is 665 g/mol. The van der Waals surface area contributed by atoms with E-state index in [0.717, 1.165) is 5.56 Å². The number of esters is 1. The third kappa shape index (κ3) is 8.47. The molecule has 3 N–H and O–H groups in total. The summed E-state index contributed by atoms with van der Waals surface area (Å²) >= 11 is 0. The molecule has 0 bridgehead atoms. The van der Waals surface area contributed by atoms with Crippen LogP contribution < -0.4 is 10.7 Å². The van der Waals surface area contributed by atoms with Gasteiger partial charge in [0.2, 0.25) is 10.0 Å². The predicted molar refractivity (Wildman–Crippen MR) is 166 cm³/mol. The molecule has 0 radical (unpaired) electrons. The van der Waals surface area contributed by atoms with E-state index in [1.54, 1.807) is 57.2 Å². The third-order valence-corrected chi connectivity index (χ3v) is 11.4. The van der Waals surface area contributed by atoms with E-state index in [0.29, 0.717) is 12.0 Å². The molecular formula is C30H41N4O9S2+. The van der Waals surface area contributed by atoms with Crippen LogP contribution in [0.3, 0.4) is 0 Å². The number of hydrogen-bond donors (Lipinski definition) is 3. The molecule has 2 aliphatic heterocycles. The minimum absolute atomic E-state index is 0.0277. The minimum atomic E-state index is -4.06. The highest BCUT2D eigenvalue weighted by Crippen LogP contribution is 2.30. The van der Waals surface area contributed by atoms with E-state index in [2.05, 4.69) is 10.7 Å². The summed E-state index contributed by atoms with van der Waals surface area (Å²) in [4.78, 5) is 39.4. The Balaban J connectivity index is 1.72. The smallest absolute Gasteiger partial charge is 0.409 e. The van der Waals surface area contributed by atoms with Crippen LogP contribution in [-0.4, -0.2) is 97.6 Å². The van der Waals surface area contributed by atoms with Crippen LogP contribution in [0.2, 0.25) is 0 Å². The molecule has 0 unspecified atom stereocenters. The molecule has 13 nitrogen and oxygen atoms in total. The van der Waals surface area contributed by atoms with Gasteiger partial charge < -0.3 is 9.84 Å². The summed E-state index contributed by atoms with van der Waals surface area (Å²) in [5, 5.41) is 11.4. The van der Waals surface area contributed by atoms with Gasteiger partial charge >= 0.3 is 18.0 Å². The maximum Gasteiger partial charge on any atom is 0.409 e. The first-order valence-electron chi connectivity index (χ1n) is 14.7. The summed E-state index contributed by atoms with van der Waals surface area (Å²) in [6.07, 6.45) is -0.628. The quantitative estimate of drug-likeness (QED) is 0.266. The molecule has 0 saturated carbocycles. The molecular weight excluding hydrogens is 624 g/mol. The average molecular weight is 666 g/mol. The van der Waals surface area contributed by atoms with Crippen molar-refractivity contribution >= 4 is 43.5 Å². The van der Waals surface area contributed by atoms with Crippen LogP contribution in [0, 0.1) is 6.92 Å². The van der Waals surface area contributed by atoms with Crippen molar-refractivity contribution in [2.45, 2.75) is 69.5 Å². The predicted octanol–water partition coefficient (Wildman–Crippen LogP) is 2.47. The van der Waals surface area contributed by atoms with Gasteiger partial charge in [0.15, 0.2) is 15.9 Å². The van der Waals surface area contributed by atoms with E-state index in [-0.39, 0.29) is 54.6 Å². The standard InChI is InChI=1S/C30H40N4O9S2/c1-21-10-12-24(13-11-21)45(41,42)33-14-6-9-26(33)27(35)34(15-17-44(39,40)18-16-34)32-25(28(36)43-30(2,3)4)20-22-7-5-8-23(19-22)31-29(37)38/h5,7-8,10-13,19,25-26,31-32H,6,9,14-18,20H2,1-4H3/p+1/t25-,26-/m0/s1. The Morgan fingerprint density at radius 3 is 2.33 bits per heavy atom. The van der Waals surface area contributed by atoms with Gasteiger partial charge in [0.05, 0.1) is 4.90 Å². The molecule has 2 fully saturated rings. The maximum absolute atomic E-state index is 14.5. The number of amides is 2. The summed E-state index contributed by atoms with van der Waals surface area (Å²) in [6, 6.07) is 10.5. The van der Waals surface area contributed by atoms with Gasteiger partial charge in [0.25, 0.3) is 0 Å². The molecule has 0 spiro atoms. The number of quaternary nitrogens is 1. The molecule has 4 rings (SSSR count). The fourth-order valence-corrected chi connectivity index (χ4v) is 8.65. The summed E-state index contributed by atoms with van der Waals surface area (Å²) in [6.45, 7) is 6.59. The van der Waals surface area contributed by atoms with Gasteiger partial charge in [-0.05, 0) is 70.4 Å². The molecule has 15 heteroatoms. The van der Waals surface area contributed by atoms with E-state index in [1.165, 1.54) is 16.4 Å². The van der Waals surface area contributed by atoms with Crippen molar-refractivity contribution in [3.05, 3.63) is 59.7 Å². The lowest BCUT2D eigenvalue weighted by Crippen LogP contribution is -2.73. The number of aryl methyl sites for hydroxylation is 1. The van der Waals surface area contributed by atoms with Gasteiger partial charge in [-0.15, -0.1) is 5.43 Å². The van der Waals surface area contributed by atoms with E-state index >= 15 is 0 Å². The number of ether oxygens (including phenoxy) is 1. The zero-order valence-electron chi connectivity index (χ0n) is 25.9. The fraction of sp³-hybridized carbons (Fsp3) is 0.500. The van der Waals surface area contributed by atoms with Crippen molar-refractivity contribution in [1.82, 2.24) is 9.73 Å². The fourth-order valence-electron chi connectivity index (χ4n) is 5.61. The van der Waals surface area contributed by atoms with Crippen molar-refractivity contribution in [1.29, 1.82) is 0 Å². The number of nitrogens with zero attached hydrogens (tertiary/aromatic N) is 2. The Bertz CT molecular complexity index is 1640. The van der Waals surface area contributed by atoms with Gasteiger partial charge in [-0.2, -0.15) is 8.90 Å². The highest BCUT2D eigenvalue weighted by Gasteiger charge is 2.53. The van der Waals surface area contributed by atoms with Crippen molar-refractivity contribution in [3.8, 4) is 0 Å². The zero-order valence-corrected chi connectivity index (χ0v) is 27.5. The molecule has 2 heterocycles. The number of nitrogens with one attached hydrogen (secondary N) is 2. The molecule has 0 aliphatic carbocycles. The van der Waals surface area contributed by atoms with E-state index in [9.17, 15) is 31.2 Å². The number of sulfone groups is 1. The van der Waals surface area contributed by atoms with Crippen LogP contribution in [0.1, 0.15) is 44.7 Å². The number of rotatable bonds is 9.